The van der Waals surface area contributed by atoms with Crippen LogP contribution >= 0.6 is 0 Å². The Balaban J connectivity index is 1.72. The van der Waals surface area contributed by atoms with Crippen LogP contribution in [0.5, 0.6) is 0 Å². The minimum Gasteiger partial charge on any atom is -0.480 e. The Labute approximate surface area is 119 Å². The molecule has 3 aliphatic rings. The Hall–Kier alpha value is -1.10. The van der Waals surface area contributed by atoms with Crippen molar-refractivity contribution in [3.05, 3.63) is 0 Å². The average molecular weight is 280 g/mol. The summed E-state index contributed by atoms with van der Waals surface area (Å²) in [5, 5.41) is 12.5. The number of rotatable bonds is 4. The van der Waals surface area contributed by atoms with Gasteiger partial charge in [-0.25, -0.2) is 0 Å². The van der Waals surface area contributed by atoms with Gasteiger partial charge in [0, 0.05) is 6.04 Å². The highest BCUT2D eigenvalue weighted by molar-refractivity contribution is 5.86. The number of carboxylic acid groups (broad SMARTS) is 1. The number of fused-ring (bicyclic) bond motifs is 1. The van der Waals surface area contributed by atoms with Gasteiger partial charge in [-0.05, 0) is 44.1 Å². The maximum atomic E-state index is 12.8. The number of carboxylic acids is 1. The highest BCUT2D eigenvalue weighted by Crippen LogP contribution is 2.38. The van der Waals surface area contributed by atoms with E-state index in [4.69, 9.17) is 5.11 Å². The summed E-state index contributed by atoms with van der Waals surface area (Å²) in [5.74, 6) is 0.194. The number of carbonyl (C=O) groups is 2. The molecule has 1 heterocycles. The van der Waals surface area contributed by atoms with Gasteiger partial charge in [-0.1, -0.05) is 19.3 Å². The van der Waals surface area contributed by atoms with E-state index in [1.807, 2.05) is 0 Å². The van der Waals surface area contributed by atoms with Crippen LogP contribution in [0.25, 0.3) is 0 Å². The largest absolute Gasteiger partial charge is 0.480 e. The molecule has 20 heavy (non-hydrogen) atoms. The van der Waals surface area contributed by atoms with E-state index in [0.29, 0.717) is 11.8 Å². The number of amides is 1. The van der Waals surface area contributed by atoms with E-state index in [0.717, 1.165) is 38.6 Å². The summed E-state index contributed by atoms with van der Waals surface area (Å²) in [5.41, 5.74) is 0. The van der Waals surface area contributed by atoms with Crippen molar-refractivity contribution in [3.63, 3.8) is 0 Å². The molecule has 2 aliphatic carbocycles. The van der Waals surface area contributed by atoms with Crippen molar-refractivity contribution >= 4 is 11.9 Å². The predicted octanol–water partition coefficient (Wildman–Crippen LogP) is 1.23. The summed E-state index contributed by atoms with van der Waals surface area (Å²) in [6.07, 6.45) is 7.67. The molecule has 0 bridgehead atoms. The summed E-state index contributed by atoms with van der Waals surface area (Å²) in [6.45, 7) is 0.783. The van der Waals surface area contributed by atoms with Crippen molar-refractivity contribution in [2.45, 2.75) is 57.0 Å². The Morgan fingerprint density at radius 3 is 2.55 bits per heavy atom. The third-order valence-corrected chi connectivity index (χ3v) is 5.37. The van der Waals surface area contributed by atoms with E-state index in [-0.39, 0.29) is 24.5 Å². The maximum Gasteiger partial charge on any atom is 0.323 e. The van der Waals surface area contributed by atoms with Crippen LogP contribution in [0, 0.1) is 11.8 Å². The van der Waals surface area contributed by atoms with Gasteiger partial charge < -0.3 is 15.3 Å². The normalized spacial score (nSPS) is 33.3. The van der Waals surface area contributed by atoms with Gasteiger partial charge in [0.1, 0.15) is 6.54 Å². The van der Waals surface area contributed by atoms with Crippen LogP contribution in [0.1, 0.15) is 44.9 Å². The van der Waals surface area contributed by atoms with E-state index < -0.39 is 5.97 Å². The standard InChI is InChI=1S/C15H24N2O3/c18-13(19)9-17(11-5-1-2-6-11)15(20)14-12-7-3-4-10(12)8-16-14/h10-12,14,16H,1-9H2,(H,18,19). The third-order valence-electron chi connectivity index (χ3n) is 5.37. The molecule has 3 atom stereocenters. The zero-order valence-electron chi connectivity index (χ0n) is 11.9. The zero-order valence-corrected chi connectivity index (χ0v) is 11.9. The second-order valence-corrected chi connectivity index (χ2v) is 6.54. The predicted molar refractivity (Wildman–Crippen MR) is 74.2 cm³/mol. The molecule has 1 saturated heterocycles. The first-order valence-corrected chi connectivity index (χ1v) is 7.92. The molecule has 112 valence electrons. The molecule has 1 amide bonds. The highest BCUT2D eigenvalue weighted by atomic mass is 16.4. The van der Waals surface area contributed by atoms with Gasteiger partial charge in [0.25, 0.3) is 0 Å². The first kappa shape index (κ1) is 13.9. The van der Waals surface area contributed by atoms with Crippen molar-refractivity contribution in [2.75, 3.05) is 13.1 Å². The Kier molecular flexibility index (Phi) is 3.96. The van der Waals surface area contributed by atoms with Gasteiger partial charge in [-0.2, -0.15) is 0 Å². The molecular formula is C15H24N2O3. The molecule has 0 aromatic rings. The fourth-order valence-electron chi connectivity index (χ4n) is 4.39. The average Bonchev–Trinajstić information content (AvgIpc) is 3.11. The molecular weight excluding hydrogens is 256 g/mol. The van der Waals surface area contributed by atoms with Gasteiger partial charge in [-0.15, -0.1) is 0 Å². The van der Waals surface area contributed by atoms with Crippen LogP contribution in [0.15, 0.2) is 0 Å². The molecule has 5 nitrogen and oxygen atoms in total. The Morgan fingerprint density at radius 2 is 1.85 bits per heavy atom. The SMILES string of the molecule is O=C(O)CN(C(=O)C1NCC2CCCC21)C1CCCC1. The molecule has 0 radical (unpaired) electrons. The highest BCUT2D eigenvalue weighted by Gasteiger charge is 2.45. The molecule has 1 aliphatic heterocycles. The molecule has 0 spiro atoms. The van der Waals surface area contributed by atoms with Crippen molar-refractivity contribution in [3.8, 4) is 0 Å². The number of hydrogen-bond donors (Lipinski definition) is 2. The molecule has 3 rings (SSSR count). The lowest BCUT2D eigenvalue weighted by Crippen LogP contribution is -2.51. The second kappa shape index (κ2) is 5.72. The van der Waals surface area contributed by atoms with Crippen molar-refractivity contribution in [1.82, 2.24) is 10.2 Å². The summed E-state index contributed by atoms with van der Waals surface area (Å²) in [4.78, 5) is 25.6. The number of nitrogens with zero attached hydrogens (tertiary/aromatic N) is 1. The third kappa shape index (κ3) is 2.55. The number of aliphatic carboxylic acids is 1. The van der Waals surface area contributed by atoms with Gasteiger partial charge in [0.15, 0.2) is 0 Å². The molecule has 0 aromatic carbocycles. The Bertz CT molecular complexity index is 393. The minimum atomic E-state index is -0.897. The van der Waals surface area contributed by atoms with E-state index in [1.165, 1.54) is 12.8 Å². The summed E-state index contributed by atoms with van der Waals surface area (Å²) >= 11 is 0. The molecule has 2 N–H and O–H groups in total. The van der Waals surface area contributed by atoms with Crippen LogP contribution in [-0.2, 0) is 9.59 Å². The van der Waals surface area contributed by atoms with Crippen LogP contribution < -0.4 is 5.32 Å². The van der Waals surface area contributed by atoms with Crippen LogP contribution in [0.2, 0.25) is 0 Å². The number of hydrogen-bond acceptors (Lipinski definition) is 3. The van der Waals surface area contributed by atoms with E-state index >= 15 is 0 Å². The summed E-state index contributed by atoms with van der Waals surface area (Å²) < 4.78 is 0. The first-order valence-electron chi connectivity index (χ1n) is 7.92. The van der Waals surface area contributed by atoms with Crippen molar-refractivity contribution < 1.29 is 14.7 Å². The summed E-state index contributed by atoms with van der Waals surface area (Å²) in [6, 6.07) is 0.00306. The molecule has 0 aromatic heterocycles. The van der Waals surface area contributed by atoms with Crippen LogP contribution in [0.4, 0.5) is 0 Å². The second-order valence-electron chi connectivity index (χ2n) is 6.54. The van der Waals surface area contributed by atoms with Crippen LogP contribution in [0.3, 0.4) is 0 Å². The maximum absolute atomic E-state index is 12.8. The molecule has 5 heteroatoms. The summed E-state index contributed by atoms with van der Waals surface area (Å²) in [7, 11) is 0. The number of nitrogens with one attached hydrogen (secondary N) is 1. The van der Waals surface area contributed by atoms with Crippen molar-refractivity contribution in [2.24, 2.45) is 11.8 Å². The van der Waals surface area contributed by atoms with Gasteiger partial charge >= 0.3 is 5.97 Å². The van der Waals surface area contributed by atoms with Gasteiger partial charge in [0.2, 0.25) is 5.91 Å². The smallest absolute Gasteiger partial charge is 0.323 e. The minimum absolute atomic E-state index is 0.0358. The lowest BCUT2D eigenvalue weighted by Gasteiger charge is -2.31. The molecule has 2 saturated carbocycles. The first-order chi connectivity index (χ1) is 9.66. The lowest BCUT2D eigenvalue weighted by molar-refractivity contribution is -0.147. The van der Waals surface area contributed by atoms with Gasteiger partial charge in [-0.3, -0.25) is 9.59 Å². The fraction of sp³-hybridized carbons (Fsp3) is 0.867. The molecule has 3 unspecified atom stereocenters. The van der Waals surface area contributed by atoms with E-state index in [1.54, 1.807) is 4.90 Å². The zero-order chi connectivity index (χ0) is 14.1. The van der Waals surface area contributed by atoms with Crippen molar-refractivity contribution in [1.29, 1.82) is 0 Å². The topological polar surface area (TPSA) is 69.6 Å². The molecule has 3 fully saturated rings. The van der Waals surface area contributed by atoms with Gasteiger partial charge in [0.05, 0.1) is 6.04 Å². The van der Waals surface area contributed by atoms with E-state index in [9.17, 15) is 9.59 Å². The van der Waals surface area contributed by atoms with E-state index in [2.05, 4.69) is 5.32 Å². The monoisotopic (exact) mass is 280 g/mol. The Morgan fingerprint density at radius 1 is 1.10 bits per heavy atom. The van der Waals surface area contributed by atoms with Crippen LogP contribution in [-0.4, -0.2) is 47.1 Å². The number of carbonyl (C=O) groups excluding carboxylic acids is 1. The fourth-order valence-corrected chi connectivity index (χ4v) is 4.39. The quantitative estimate of drug-likeness (QED) is 0.812. The lowest BCUT2D eigenvalue weighted by atomic mass is 9.93.